The number of carbonyl (C=O) groups excluding carboxylic acids is 3. The molecule has 1 saturated heterocycles. The number of para-hydroxylation sites is 1. The van der Waals surface area contributed by atoms with Crippen LogP contribution in [-0.4, -0.2) is 35.7 Å². The number of halogens is 1. The van der Waals surface area contributed by atoms with Crippen LogP contribution in [0.2, 0.25) is 5.02 Å². The summed E-state index contributed by atoms with van der Waals surface area (Å²) < 4.78 is 10.4. The van der Waals surface area contributed by atoms with E-state index in [2.05, 4.69) is 4.74 Å². The van der Waals surface area contributed by atoms with E-state index in [4.69, 9.17) is 16.3 Å². The first-order chi connectivity index (χ1) is 13.5. The van der Waals surface area contributed by atoms with Gasteiger partial charge < -0.3 is 9.47 Å². The van der Waals surface area contributed by atoms with E-state index < -0.39 is 23.7 Å². The zero-order chi connectivity index (χ0) is 20.1. The van der Waals surface area contributed by atoms with Gasteiger partial charge in [-0.25, -0.2) is 0 Å². The highest BCUT2D eigenvalue weighted by Crippen LogP contribution is 2.34. The highest BCUT2D eigenvalue weighted by atomic mass is 35.5. The van der Waals surface area contributed by atoms with Crippen molar-refractivity contribution in [1.82, 2.24) is 4.90 Å². The number of methoxy groups -OCH3 is 1. The largest absolute Gasteiger partial charge is 0.488 e. The number of hydrogen-bond donors (Lipinski definition) is 0. The molecule has 0 aromatic heterocycles. The van der Waals surface area contributed by atoms with E-state index in [1.54, 1.807) is 30.3 Å². The molecule has 2 amide bonds. The van der Waals surface area contributed by atoms with E-state index in [1.165, 1.54) is 7.11 Å². The SMILES string of the molecule is COC(=O)CN1C(=O)S/C(=C/c2ccccc2OCc2ccccc2Cl)C1=O. The van der Waals surface area contributed by atoms with E-state index in [0.717, 1.165) is 22.2 Å². The van der Waals surface area contributed by atoms with Gasteiger partial charge in [-0.1, -0.05) is 48.0 Å². The Hall–Kier alpha value is -2.77. The molecule has 3 rings (SSSR count). The minimum atomic E-state index is -0.660. The standard InChI is InChI=1S/C20H16ClNO5S/c1-26-18(23)11-22-19(24)17(28-20(22)25)10-13-6-3-5-9-16(13)27-12-14-7-2-4-8-15(14)21/h2-10H,11-12H2,1H3/b17-10+. The Balaban J connectivity index is 1.79. The van der Waals surface area contributed by atoms with E-state index in [9.17, 15) is 14.4 Å². The van der Waals surface area contributed by atoms with Gasteiger partial charge in [0.05, 0.1) is 12.0 Å². The average Bonchev–Trinajstić information content (AvgIpc) is 2.95. The van der Waals surface area contributed by atoms with Crippen LogP contribution in [0, 0.1) is 0 Å². The third-order valence-electron chi connectivity index (χ3n) is 3.94. The number of rotatable bonds is 6. The first-order valence-corrected chi connectivity index (χ1v) is 9.46. The summed E-state index contributed by atoms with van der Waals surface area (Å²) in [6.45, 7) is -0.155. The summed E-state index contributed by atoms with van der Waals surface area (Å²) >= 11 is 6.92. The molecule has 0 bridgehead atoms. The summed E-state index contributed by atoms with van der Waals surface area (Å²) in [5, 5.41) is 0.0834. The predicted molar refractivity (Wildman–Crippen MR) is 107 cm³/mol. The van der Waals surface area contributed by atoms with E-state index >= 15 is 0 Å². The van der Waals surface area contributed by atoms with Gasteiger partial charge in [-0.05, 0) is 30.0 Å². The molecule has 1 heterocycles. The molecule has 0 spiro atoms. The van der Waals surface area contributed by atoms with Gasteiger partial charge in [0.25, 0.3) is 11.1 Å². The molecule has 0 saturated carbocycles. The zero-order valence-electron chi connectivity index (χ0n) is 14.9. The molecule has 1 aliphatic rings. The number of esters is 1. The zero-order valence-corrected chi connectivity index (χ0v) is 16.5. The van der Waals surface area contributed by atoms with Gasteiger partial charge in [0.1, 0.15) is 18.9 Å². The van der Waals surface area contributed by atoms with Crippen molar-refractivity contribution in [2.45, 2.75) is 6.61 Å². The van der Waals surface area contributed by atoms with Gasteiger partial charge in [0.2, 0.25) is 0 Å². The Labute approximate surface area is 171 Å². The van der Waals surface area contributed by atoms with Gasteiger partial charge in [-0.15, -0.1) is 0 Å². The monoisotopic (exact) mass is 417 g/mol. The van der Waals surface area contributed by atoms with E-state index in [-0.39, 0.29) is 11.5 Å². The minimum Gasteiger partial charge on any atom is -0.488 e. The van der Waals surface area contributed by atoms with Gasteiger partial charge in [0, 0.05) is 16.1 Å². The lowest BCUT2D eigenvalue weighted by Crippen LogP contribution is -2.34. The smallest absolute Gasteiger partial charge is 0.325 e. The predicted octanol–water partition coefficient (Wildman–Crippen LogP) is 4.13. The van der Waals surface area contributed by atoms with Crippen LogP contribution in [0.15, 0.2) is 53.4 Å². The molecule has 0 radical (unpaired) electrons. The number of carbonyl (C=O) groups is 3. The molecule has 8 heteroatoms. The molecule has 6 nitrogen and oxygen atoms in total. The maximum absolute atomic E-state index is 12.5. The third-order valence-corrected chi connectivity index (χ3v) is 5.21. The van der Waals surface area contributed by atoms with Gasteiger partial charge in [0.15, 0.2) is 0 Å². The molecule has 0 N–H and O–H groups in total. The van der Waals surface area contributed by atoms with Crippen LogP contribution >= 0.6 is 23.4 Å². The first kappa shape index (κ1) is 20.0. The highest BCUT2D eigenvalue weighted by molar-refractivity contribution is 8.18. The number of imide groups is 1. The Morgan fingerprint density at radius 2 is 1.86 bits per heavy atom. The van der Waals surface area contributed by atoms with Crippen molar-refractivity contribution in [3.63, 3.8) is 0 Å². The highest BCUT2D eigenvalue weighted by Gasteiger charge is 2.36. The average molecular weight is 418 g/mol. The molecule has 0 unspecified atom stereocenters. The van der Waals surface area contributed by atoms with Crippen molar-refractivity contribution >= 4 is 46.6 Å². The van der Waals surface area contributed by atoms with Crippen molar-refractivity contribution in [2.24, 2.45) is 0 Å². The maximum atomic E-state index is 12.5. The molecule has 144 valence electrons. The van der Waals surface area contributed by atoms with Crippen molar-refractivity contribution in [3.8, 4) is 5.75 Å². The topological polar surface area (TPSA) is 72.9 Å². The minimum absolute atomic E-state index is 0.211. The lowest BCUT2D eigenvalue weighted by Gasteiger charge is -2.11. The summed E-state index contributed by atoms with van der Waals surface area (Å²) in [4.78, 5) is 37.0. The molecule has 1 fully saturated rings. The van der Waals surface area contributed by atoms with Crippen molar-refractivity contribution < 1.29 is 23.9 Å². The second-order valence-corrected chi connectivity index (χ2v) is 7.16. The maximum Gasteiger partial charge on any atom is 0.325 e. The Morgan fingerprint density at radius 1 is 1.14 bits per heavy atom. The Bertz CT molecular complexity index is 959. The van der Waals surface area contributed by atoms with Gasteiger partial charge in [-0.2, -0.15) is 0 Å². The molecule has 28 heavy (non-hydrogen) atoms. The Morgan fingerprint density at radius 3 is 2.61 bits per heavy atom. The van der Waals surface area contributed by atoms with Gasteiger partial charge >= 0.3 is 5.97 Å². The normalized spacial score (nSPS) is 15.2. The number of nitrogens with zero attached hydrogens (tertiary/aromatic N) is 1. The summed E-state index contributed by atoms with van der Waals surface area (Å²) in [6.07, 6.45) is 1.57. The second-order valence-electron chi connectivity index (χ2n) is 5.76. The molecular weight excluding hydrogens is 402 g/mol. The molecule has 2 aromatic rings. The summed E-state index contributed by atoms with van der Waals surface area (Å²) in [6, 6.07) is 14.5. The van der Waals surface area contributed by atoms with Crippen molar-refractivity contribution in [1.29, 1.82) is 0 Å². The van der Waals surface area contributed by atoms with Crippen LogP contribution in [0.4, 0.5) is 4.79 Å². The quantitative estimate of drug-likeness (QED) is 0.519. The van der Waals surface area contributed by atoms with Crippen molar-refractivity contribution in [3.05, 3.63) is 69.6 Å². The molecular formula is C20H16ClNO5S. The molecule has 0 atom stereocenters. The lowest BCUT2D eigenvalue weighted by atomic mass is 10.1. The molecule has 2 aromatic carbocycles. The van der Waals surface area contributed by atoms with E-state index in [1.807, 2.05) is 24.3 Å². The summed E-state index contributed by atoms with van der Waals surface area (Å²) in [5.41, 5.74) is 1.47. The number of thioether (sulfide) groups is 1. The summed E-state index contributed by atoms with van der Waals surface area (Å²) in [5.74, 6) is -0.657. The third kappa shape index (κ3) is 4.55. The van der Waals surface area contributed by atoms with Crippen molar-refractivity contribution in [2.75, 3.05) is 13.7 Å². The molecule has 1 aliphatic heterocycles. The van der Waals surface area contributed by atoms with Gasteiger partial charge in [-0.3, -0.25) is 19.3 Å². The van der Waals surface area contributed by atoms with E-state index in [0.29, 0.717) is 16.3 Å². The van der Waals surface area contributed by atoms with Crippen LogP contribution in [0.5, 0.6) is 5.75 Å². The lowest BCUT2D eigenvalue weighted by molar-refractivity contribution is -0.143. The number of ether oxygens (including phenoxy) is 2. The van der Waals surface area contributed by atoms with Crippen LogP contribution in [0.1, 0.15) is 11.1 Å². The fourth-order valence-electron chi connectivity index (χ4n) is 2.47. The first-order valence-electron chi connectivity index (χ1n) is 8.27. The van der Waals surface area contributed by atoms with Crippen LogP contribution < -0.4 is 4.74 Å². The van der Waals surface area contributed by atoms with Crippen LogP contribution in [0.25, 0.3) is 6.08 Å². The Kier molecular flexibility index (Phi) is 6.38. The number of amides is 2. The number of benzene rings is 2. The van der Waals surface area contributed by atoms with Crippen LogP contribution in [-0.2, 0) is 20.9 Å². The molecule has 0 aliphatic carbocycles. The fraction of sp³-hybridized carbons (Fsp3) is 0.150. The number of hydrogen-bond acceptors (Lipinski definition) is 6. The van der Waals surface area contributed by atoms with Crippen LogP contribution in [0.3, 0.4) is 0 Å². The second kappa shape index (κ2) is 8.95. The summed E-state index contributed by atoms with van der Waals surface area (Å²) in [7, 11) is 1.20. The fourth-order valence-corrected chi connectivity index (χ4v) is 3.49.